The molecule has 4 heteroatoms. The Morgan fingerprint density at radius 1 is 1.33 bits per heavy atom. The number of hydrogen-bond donors (Lipinski definition) is 1. The second kappa shape index (κ2) is 6.41. The molecule has 3 nitrogen and oxygen atoms in total. The summed E-state index contributed by atoms with van der Waals surface area (Å²) in [6.07, 6.45) is 4.78. The SMILES string of the molecule is COC1CCCC(Oc2cccc(Cl)c2CN)C1. The van der Waals surface area contributed by atoms with Crippen LogP contribution in [0, 0.1) is 0 Å². The van der Waals surface area contributed by atoms with E-state index in [9.17, 15) is 0 Å². The first-order valence-electron chi connectivity index (χ1n) is 6.41. The van der Waals surface area contributed by atoms with Gasteiger partial charge in [0.05, 0.1) is 6.10 Å². The van der Waals surface area contributed by atoms with Crippen molar-refractivity contribution in [3.05, 3.63) is 28.8 Å². The Hall–Kier alpha value is -0.770. The standard InChI is InChI=1S/C14H20ClNO2/c1-17-10-4-2-5-11(8-10)18-14-7-3-6-13(15)12(14)9-16/h3,6-7,10-11H,2,4-5,8-9,16H2,1H3. The predicted molar refractivity (Wildman–Crippen MR) is 73.0 cm³/mol. The minimum atomic E-state index is 0.201. The van der Waals surface area contributed by atoms with Crippen LogP contribution < -0.4 is 10.5 Å². The molecule has 2 atom stereocenters. The highest BCUT2D eigenvalue weighted by Crippen LogP contribution is 2.30. The van der Waals surface area contributed by atoms with Crippen molar-refractivity contribution in [2.75, 3.05) is 7.11 Å². The van der Waals surface area contributed by atoms with Gasteiger partial charge >= 0.3 is 0 Å². The molecule has 1 aromatic carbocycles. The van der Waals surface area contributed by atoms with Crippen molar-refractivity contribution < 1.29 is 9.47 Å². The fourth-order valence-electron chi connectivity index (χ4n) is 2.45. The lowest BCUT2D eigenvalue weighted by atomic mass is 9.95. The number of ether oxygens (including phenoxy) is 2. The van der Waals surface area contributed by atoms with Gasteiger partial charge < -0.3 is 15.2 Å². The van der Waals surface area contributed by atoms with Crippen LogP contribution in [0.25, 0.3) is 0 Å². The summed E-state index contributed by atoms with van der Waals surface area (Å²) in [5.74, 6) is 0.812. The maximum absolute atomic E-state index is 6.12. The number of nitrogens with two attached hydrogens (primary N) is 1. The van der Waals surface area contributed by atoms with E-state index in [4.69, 9.17) is 26.8 Å². The van der Waals surface area contributed by atoms with Crippen LogP contribution in [0.3, 0.4) is 0 Å². The molecule has 0 aromatic heterocycles. The molecule has 100 valence electrons. The fraction of sp³-hybridized carbons (Fsp3) is 0.571. The average molecular weight is 270 g/mol. The molecule has 1 fully saturated rings. The number of methoxy groups -OCH3 is 1. The quantitative estimate of drug-likeness (QED) is 0.913. The minimum Gasteiger partial charge on any atom is -0.490 e. The second-order valence-electron chi connectivity index (χ2n) is 4.68. The lowest BCUT2D eigenvalue weighted by Crippen LogP contribution is -2.29. The largest absolute Gasteiger partial charge is 0.490 e. The first kappa shape index (κ1) is 13.7. The third-order valence-corrected chi connectivity index (χ3v) is 3.84. The van der Waals surface area contributed by atoms with E-state index >= 15 is 0 Å². The fourth-order valence-corrected chi connectivity index (χ4v) is 2.69. The van der Waals surface area contributed by atoms with Gasteiger partial charge in [0.2, 0.25) is 0 Å². The van der Waals surface area contributed by atoms with Gasteiger partial charge in [-0.2, -0.15) is 0 Å². The van der Waals surface area contributed by atoms with E-state index in [-0.39, 0.29) is 6.10 Å². The van der Waals surface area contributed by atoms with E-state index in [1.807, 2.05) is 18.2 Å². The van der Waals surface area contributed by atoms with Crippen LogP contribution in [-0.4, -0.2) is 19.3 Å². The molecule has 2 N–H and O–H groups in total. The molecule has 0 amide bonds. The topological polar surface area (TPSA) is 44.5 Å². The summed E-state index contributed by atoms with van der Waals surface area (Å²) in [6.45, 7) is 0.398. The summed E-state index contributed by atoms with van der Waals surface area (Å²) >= 11 is 6.12. The highest BCUT2D eigenvalue weighted by Gasteiger charge is 2.23. The summed E-state index contributed by atoms with van der Waals surface area (Å²) in [5, 5.41) is 0.675. The van der Waals surface area contributed by atoms with Crippen molar-refractivity contribution in [3.63, 3.8) is 0 Å². The maximum Gasteiger partial charge on any atom is 0.125 e. The summed E-state index contributed by atoms with van der Waals surface area (Å²) in [6, 6.07) is 5.67. The lowest BCUT2D eigenvalue weighted by molar-refractivity contribution is 0.0207. The van der Waals surface area contributed by atoms with Gasteiger partial charge in [-0.05, 0) is 31.4 Å². The van der Waals surface area contributed by atoms with E-state index in [0.717, 1.165) is 37.0 Å². The third-order valence-electron chi connectivity index (χ3n) is 3.48. The molecular formula is C14H20ClNO2. The van der Waals surface area contributed by atoms with Crippen LogP contribution in [0.2, 0.25) is 5.02 Å². The Balaban J connectivity index is 2.07. The van der Waals surface area contributed by atoms with Gasteiger partial charge in [-0.15, -0.1) is 0 Å². The minimum absolute atomic E-state index is 0.201. The van der Waals surface area contributed by atoms with Crippen LogP contribution in [0.4, 0.5) is 0 Å². The van der Waals surface area contributed by atoms with Gasteiger partial charge in [0.1, 0.15) is 11.9 Å². The van der Waals surface area contributed by atoms with E-state index in [0.29, 0.717) is 17.7 Å². The zero-order chi connectivity index (χ0) is 13.0. The molecule has 0 spiro atoms. The molecule has 1 aliphatic carbocycles. The Kier molecular flexibility index (Phi) is 4.87. The van der Waals surface area contributed by atoms with Gasteiger partial charge in [0.25, 0.3) is 0 Å². The first-order valence-corrected chi connectivity index (χ1v) is 6.79. The van der Waals surface area contributed by atoms with Crippen molar-refractivity contribution in [2.45, 2.75) is 44.4 Å². The van der Waals surface area contributed by atoms with Crippen molar-refractivity contribution in [3.8, 4) is 5.75 Å². The van der Waals surface area contributed by atoms with Gasteiger partial charge in [0.15, 0.2) is 0 Å². The van der Waals surface area contributed by atoms with Crippen molar-refractivity contribution in [2.24, 2.45) is 5.73 Å². The van der Waals surface area contributed by atoms with Crippen LogP contribution in [0.15, 0.2) is 18.2 Å². The Bertz CT molecular complexity index is 397. The molecule has 2 unspecified atom stereocenters. The van der Waals surface area contributed by atoms with Crippen LogP contribution in [0.5, 0.6) is 5.75 Å². The Morgan fingerprint density at radius 2 is 2.11 bits per heavy atom. The summed E-state index contributed by atoms with van der Waals surface area (Å²) in [5.41, 5.74) is 6.61. The first-order chi connectivity index (χ1) is 8.74. The number of benzene rings is 1. The molecule has 0 heterocycles. The van der Waals surface area contributed by atoms with Crippen LogP contribution in [-0.2, 0) is 11.3 Å². The van der Waals surface area contributed by atoms with E-state index < -0.39 is 0 Å². The molecule has 0 saturated heterocycles. The van der Waals surface area contributed by atoms with Crippen molar-refractivity contribution >= 4 is 11.6 Å². The summed E-state index contributed by atoms with van der Waals surface area (Å²) in [7, 11) is 1.76. The van der Waals surface area contributed by atoms with E-state index in [2.05, 4.69) is 0 Å². The predicted octanol–water partition coefficient (Wildman–Crippen LogP) is 3.14. The van der Waals surface area contributed by atoms with Gasteiger partial charge in [-0.3, -0.25) is 0 Å². The molecule has 2 rings (SSSR count). The molecule has 1 aliphatic rings. The smallest absolute Gasteiger partial charge is 0.125 e. The molecule has 0 aliphatic heterocycles. The normalized spacial score (nSPS) is 23.9. The van der Waals surface area contributed by atoms with Crippen molar-refractivity contribution in [1.82, 2.24) is 0 Å². The third kappa shape index (κ3) is 3.16. The molecule has 0 bridgehead atoms. The molecule has 1 aromatic rings. The highest BCUT2D eigenvalue weighted by atomic mass is 35.5. The molecular weight excluding hydrogens is 250 g/mol. The number of rotatable bonds is 4. The van der Waals surface area contributed by atoms with E-state index in [1.165, 1.54) is 0 Å². The zero-order valence-electron chi connectivity index (χ0n) is 10.7. The Morgan fingerprint density at radius 3 is 2.83 bits per heavy atom. The van der Waals surface area contributed by atoms with E-state index in [1.54, 1.807) is 7.11 Å². The average Bonchev–Trinajstić information content (AvgIpc) is 2.39. The highest BCUT2D eigenvalue weighted by molar-refractivity contribution is 6.31. The summed E-state index contributed by atoms with van der Waals surface area (Å²) in [4.78, 5) is 0. The lowest BCUT2D eigenvalue weighted by Gasteiger charge is -2.29. The monoisotopic (exact) mass is 269 g/mol. The summed E-state index contributed by atoms with van der Waals surface area (Å²) < 4.78 is 11.5. The van der Waals surface area contributed by atoms with Gasteiger partial charge in [0, 0.05) is 30.7 Å². The second-order valence-corrected chi connectivity index (χ2v) is 5.09. The number of hydrogen-bond acceptors (Lipinski definition) is 3. The number of halogens is 1. The molecule has 0 radical (unpaired) electrons. The maximum atomic E-state index is 6.12. The molecule has 1 saturated carbocycles. The zero-order valence-corrected chi connectivity index (χ0v) is 11.5. The van der Waals surface area contributed by atoms with Crippen LogP contribution >= 0.6 is 11.6 Å². The van der Waals surface area contributed by atoms with Gasteiger partial charge in [-0.1, -0.05) is 17.7 Å². The van der Waals surface area contributed by atoms with Crippen LogP contribution in [0.1, 0.15) is 31.2 Å². The van der Waals surface area contributed by atoms with Crippen molar-refractivity contribution in [1.29, 1.82) is 0 Å². The van der Waals surface area contributed by atoms with Gasteiger partial charge in [-0.25, -0.2) is 0 Å². The Labute approximate surface area is 113 Å². The molecule has 18 heavy (non-hydrogen) atoms.